The zero-order chi connectivity index (χ0) is 20.4. The Morgan fingerprint density at radius 3 is 2.59 bits per heavy atom. The smallest absolute Gasteiger partial charge is 0.408 e. The summed E-state index contributed by atoms with van der Waals surface area (Å²) in [5.41, 5.74) is 3.48. The molecule has 4 rings (SSSR count). The predicted octanol–water partition coefficient (Wildman–Crippen LogP) is 4.38. The normalized spacial score (nSPS) is 19.4. The molecule has 3 aromatic rings. The van der Waals surface area contributed by atoms with Gasteiger partial charge < -0.3 is 9.32 Å². The monoisotopic (exact) mass is 396 g/mol. The summed E-state index contributed by atoms with van der Waals surface area (Å²) in [6.45, 7) is 0. The summed E-state index contributed by atoms with van der Waals surface area (Å²) in [5, 5.41) is 0. The van der Waals surface area contributed by atoms with Gasteiger partial charge in [-0.15, -0.1) is 0 Å². The second kappa shape index (κ2) is 8.23. The lowest BCUT2D eigenvalue weighted by Gasteiger charge is -2.35. The Balaban J connectivity index is 1.31. The van der Waals surface area contributed by atoms with Gasteiger partial charge in [-0.1, -0.05) is 18.2 Å². The number of carbonyl (C=O) groups is 1. The number of halogens is 1. The van der Waals surface area contributed by atoms with Crippen molar-refractivity contribution in [2.75, 3.05) is 7.05 Å². The number of aromatic nitrogens is 1. The van der Waals surface area contributed by atoms with E-state index in [-0.39, 0.29) is 17.8 Å². The van der Waals surface area contributed by atoms with Crippen molar-refractivity contribution in [3.8, 4) is 0 Å². The molecular weight excluding hydrogens is 371 g/mol. The van der Waals surface area contributed by atoms with E-state index in [1.807, 2.05) is 24.1 Å². The molecule has 2 aromatic carbocycles. The van der Waals surface area contributed by atoms with Crippen LogP contribution in [0.2, 0.25) is 0 Å². The summed E-state index contributed by atoms with van der Waals surface area (Å²) in [7, 11) is 1.89. The van der Waals surface area contributed by atoms with Gasteiger partial charge in [0.05, 0.1) is 5.52 Å². The van der Waals surface area contributed by atoms with Crippen LogP contribution in [-0.4, -0.2) is 28.9 Å². The number of fused-ring (bicyclic) bond motifs is 1. The van der Waals surface area contributed by atoms with Crippen LogP contribution in [0.5, 0.6) is 0 Å². The minimum Gasteiger partial charge on any atom is -0.408 e. The molecule has 1 heterocycles. The number of nitrogens with one attached hydrogen (secondary N) is 1. The van der Waals surface area contributed by atoms with E-state index < -0.39 is 5.76 Å². The maximum Gasteiger partial charge on any atom is 0.417 e. The van der Waals surface area contributed by atoms with Crippen LogP contribution in [0.1, 0.15) is 49.1 Å². The van der Waals surface area contributed by atoms with Crippen LogP contribution in [0.25, 0.3) is 11.1 Å². The van der Waals surface area contributed by atoms with Crippen LogP contribution in [0.4, 0.5) is 4.39 Å². The van der Waals surface area contributed by atoms with E-state index in [2.05, 4.69) is 11.1 Å². The van der Waals surface area contributed by atoms with Crippen LogP contribution in [0.15, 0.2) is 51.7 Å². The van der Waals surface area contributed by atoms with Gasteiger partial charge >= 0.3 is 5.76 Å². The first-order valence-corrected chi connectivity index (χ1v) is 10.1. The molecule has 1 amide bonds. The minimum absolute atomic E-state index is 0.133. The SMILES string of the molecule is CN(C(=O)CCc1ccc(F)cc1)C1CCC(c2ccc3[nH]c(=O)oc3c2)CC1. The Labute approximate surface area is 168 Å². The van der Waals surface area contributed by atoms with Crippen molar-refractivity contribution in [3.05, 3.63) is 70.0 Å². The molecule has 0 radical (unpaired) electrons. The van der Waals surface area contributed by atoms with Gasteiger partial charge in [-0.05, 0) is 73.4 Å². The van der Waals surface area contributed by atoms with Crippen molar-refractivity contribution in [2.24, 2.45) is 0 Å². The molecule has 0 spiro atoms. The van der Waals surface area contributed by atoms with Gasteiger partial charge in [0.1, 0.15) is 5.82 Å². The fourth-order valence-corrected chi connectivity index (χ4v) is 4.29. The largest absolute Gasteiger partial charge is 0.417 e. The number of oxazole rings is 1. The van der Waals surface area contributed by atoms with Gasteiger partial charge in [0.2, 0.25) is 5.91 Å². The Morgan fingerprint density at radius 1 is 1.14 bits per heavy atom. The first-order chi connectivity index (χ1) is 14.0. The van der Waals surface area contributed by atoms with Crippen molar-refractivity contribution >= 4 is 17.0 Å². The Kier molecular flexibility index (Phi) is 5.51. The van der Waals surface area contributed by atoms with E-state index in [1.165, 1.54) is 17.7 Å². The molecule has 1 saturated carbocycles. The number of aromatic amines is 1. The number of rotatable bonds is 5. The maximum atomic E-state index is 13.0. The second-order valence-corrected chi connectivity index (χ2v) is 7.91. The fourth-order valence-electron chi connectivity index (χ4n) is 4.29. The topological polar surface area (TPSA) is 66.3 Å². The minimum atomic E-state index is -0.429. The highest BCUT2D eigenvalue weighted by Crippen LogP contribution is 2.35. The lowest BCUT2D eigenvalue weighted by atomic mass is 9.81. The molecular formula is C23H25FN2O3. The highest BCUT2D eigenvalue weighted by Gasteiger charge is 2.27. The number of hydrogen-bond donors (Lipinski definition) is 1. The van der Waals surface area contributed by atoms with Crippen molar-refractivity contribution < 1.29 is 13.6 Å². The van der Waals surface area contributed by atoms with Crippen molar-refractivity contribution in [2.45, 2.75) is 50.5 Å². The van der Waals surface area contributed by atoms with E-state index in [0.717, 1.165) is 36.8 Å². The van der Waals surface area contributed by atoms with E-state index in [0.29, 0.717) is 24.3 Å². The van der Waals surface area contributed by atoms with E-state index in [9.17, 15) is 14.0 Å². The third kappa shape index (κ3) is 4.42. The van der Waals surface area contributed by atoms with Gasteiger partial charge in [0.15, 0.2) is 5.58 Å². The van der Waals surface area contributed by atoms with Gasteiger partial charge in [0, 0.05) is 19.5 Å². The molecule has 1 fully saturated rings. The number of aryl methyl sites for hydroxylation is 1. The summed E-state index contributed by atoms with van der Waals surface area (Å²) in [4.78, 5) is 28.5. The molecule has 0 unspecified atom stereocenters. The molecule has 5 nitrogen and oxygen atoms in total. The molecule has 0 atom stereocenters. The molecule has 0 aliphatic heterocycles. The first-order valence-electron chi connectivity index (χ1n) is 10.1. The predicted molar refractivity (Wildman–Crippen MR) is 109 cm³/mol. The first kappa shape index (κ1) is 19.4. The van der Waals surface area contributed by atoms with Crippen LogP contribution >= 0.6 is 0 Å². The van der Waals surface area contributed by atoms with Gasteiger partial charge in [0.25, 0.3) is 0 Å². The van der Waals surface area contributed by atoms with Crippen LogP contribution in [0, 0.1) is 5.82 Å². The second-order valence-electron chi connectivity index (χ2n) is 7.91. The Hall–Kier alpha value is -2.89. The summed E-state index contributed by atoms with van der Waals surface area (Å²) in [5.74, 6) is -0.139. The van der Waals surface area contributed by atoms with E-state index >= 15 is 0 Å². The molecule has 29 heavy (non-hydrogen) atoms. The Bertz CT molecular complexity index is 1050. The quantitative estimate of drug-likeness (QED) is 0.696. The average Bonchev–Trinajstić information content (AvgIpc) is 3.12. The molecule has 0 saturated heterocycles. The van der Waals surface area contributed by atoms with Gasteiger partial charge in [-0.3, -0.25) is 9.78 Å². The van der Waals surface area contributed by atoms with Crippen LogP contribution < -0.4 is 5.76 Å². The van der Waals surface area contributed by atoms with Crippen molar-refractivity contribution in [1.82, 2.24) is 9.88 Å². The van der Waals surface area contributed by atoms with E-state index in [4.69, 9.17) is 4.42 Å². The van der Waals surface area contributed by atoms with Crippen molar-refractivity contribution in [1.29, 1.82) is 0 Å². The fraction of sp³-hybridized carbons (Fsp3) is 0.391. The summed E-state index contributed by atoms with van der Waals surface area (Å²) in [6, 6.07) is 12.5. The lowest BCUT2D eigenvalue weighted by Crippen LogP contribution is -2.39. The molecule has 1 N–H and O–H groups in total. The maximum absolute atomic E-state index is 13.0. The zero-order valence-electron chi connectivity index (χ0n) is 16.5. The number of hydrogen-bond acceptors (Lipinski definition) is 3. The molecule has 6 heteroatoms. The standard InChI is InChI=1S/C23H25FN2O3/c1-26(22(27)13-4-15-2-8-18(24)9-3-15)19-10-5-16(6-11-19)17-7-12-20-21(14-17)29-23(28)25-20/h2-3,7-9,12,14,16,19H,4-6,10-11,13H2,1H3,(H,25,28). The molecule has 0 bridgehead atoms. The molecule has 1 aliphatic rings. The summed E-state index contributed by atoms with van der Waals surface area (Å²) >= 11 is 0. The number of amides is 1. The summed E-state index contributed by atoms with van der Waals surface area (Å²) in [6.07, 6.45) is 4.98. The van der Waals surface area contributed by atoms with Gasteiger partial charge in [-0.25, -0.2) is 9.18 Å². The third-order valence-electron chi connectivity index (χ3n) is 6.10. The highest BCUT2D eigenvalue weighted by atomic mass is 19.1. The molecule has 152 valence electrons. The third-order valence-corrected chi connectivity index (χ3v) is 6.10. The number of carbonyl (C=O) groups excluding carboxylic acids is 1. The van der Waals surface area contributed by atoms with Crippen LogP contribution in [-0.2, 0) is 11.2 Å². The van der Waals surface area contributed by atoms with Crippen molar-refractivity contribution in [3.63, 3.8) is 0 Å². The zero-order valence-corrected chi connectivity index (χ0v) is 16.5. The number of H-pyrrole nitrogens is 1. The van der Waals surface area contributed by atoms with Gasteiger partial charge in [-0.2, -0.15) is 0 Å². The highest BCUT2D eigenvalue weighted by molar-refractivity contribution is 5.76. The number of benzene rings is 2. The lowest BCUT2D eigenvalue weighted by molar-refractivity contribution is -0.132. The Morgan fingerprint density at radius 2 is 1.86 bits per heavy atom. The molecule has 1 aromatic heterocycles. The molecule has 1 aliphatic carbocycles. The van der Waals surface area contributed by atoms with E-state index in [1.54, 1.807) is 12.1 Å². The summed E-state index contributed by atoms with van der Waals surface area (Å²) < 4.78 is 18.2. The average molecular weight is 396 g/mol. The number of nitrogens with zero attached hydrogens (tertiary/aromatic N) is 1. The van der Waals surface area contributed by atoms with Crippen LogP contribution in [0.3, 0.4) is 0 Å².